The standard InChI is InChI=1S/C20H26N2O2S/c1-14-10-11-15(25-5)12-17(14)20(23)21-13-18(22(2)3)16-8-6-7-9-19(16)24-4/h6-12,18H,13H2,1-5H3,(H,21,23). The SMILES string of the molecule is COc1ccccc1C(CNC(=O)c1cc(SC)ccc1C)N(C)C. The number of aryl methyl sites for hydroxylation is 1. The van der Waals surface area contributed by atoms with Gasteiger partial charge < -0.3 is 15.0 Å². The van der Waals surface area contributed by atoms with Gasteiger partial charge in [0, 0.05) is 22.6 Å². The molecule has 0 saturated carbocycles. The van der Waals surface area contributed by atoms with Crippen LogP contribution in [-0.4, -0.2) is 44.8 Å². The van der Waals surface area contributed by atoms with Gasteiger partial charge in [-0.2, -0.15) is 0 Å². The summed E-state index contributed by atoms with van der Waals surface area (Å²) in [5.41, 5.74) is 2.77. The highest BCUT2D eigenvalue weighted by molar-refractivity contribution is 7.98. The van der Waals surface area contributed by atoms with Crippen LogP contribution in [0.5, 0.6) is 5.75 Å². The smallest absolute Gasteiger partial charge is 0.251 e. The lowest BCUT2D eigenvalue weighted by molar-refractivity contribution is 0.0940. The fourth-order valence-corrected chi connectivity index (χ4v) is 3.21. The van der Waals surface area contributed by atoms with Crippen LogP contribution in [0.4, 0.5) is 0 Å². The number of benzene rings is 2. The molecule has 0 radical (unpaired) electrons. The van der Waals surface area contributed by atoms with E-state index in [4.69, 9.17) is 4.74 Å². The molecule has 0 aliphatic carbocycles. The van der Waals surface area contributed by atoms with Gasteiger partial charge in [0.15, 0.2) is 0 Å². The molecule has 134 valence electrons. The Morgan fingerprint density at radius 3 is 2.60 bits per heavy atom. The first-order chi connectivity index (χ1) is 12.0. The zero-order chi connectivity index (χ0) is 18.4. The average molecular weight is 359 g/mol. The number of methoxy groups -OCH3 is 1. The van der Waals surface area contributed by atoms with Crippen molar-refractivity contribution in [3.63, 3.8) is 0 Å². The summed E-state index contributed by atoms with van der Waals surface area (Å²) in [5.74, 6) is 0.783. The summed E-state index contributed by atoms with van der Waals surface area (Å²) in [4.78, 5) is 15.9. The molecule has 0 aliphatic rings. The fourth-order valence-electron chi connectivity index (χ4n) is 2.77. The second kappa shape index (κ2) is 8.92. The fraction of sp³-hybridized carbons (Fsp3) is 0.350. The number of likely N-dealkylation sites (N-methyl/N-ethyl adjacent to an activating group) is 1. The van der Waals surface area contributed by atoms with Crippen LogP contribution in [0.3, 0.4) is 0 Å². The van der Waals surface area contributed by atoms with Crippen LogP contribution in [0.2, 0.25) is 0 Å². The topological polar surface area (TPSA) is 41.6 Å². The van der Waals surface area contributed by atoms with Crippen LogP contribution < -0.4 is 10.1 Å². The highest BCUT2D eigenvalue weighted by atomic mass is 32.2. The van der Waals surface area contributed by atoms with E-state index in [1.165, 1.54) is 0 Å². The molecule has 5 heteroatoms. The third kappa shape index (κ3) is 4.77. The van der Waals surface area contributed by atoms with Crippen LogP contribution in [0, 0.1) is 6.92 Å². The van der Waals surface area contributed by atoms with E-state index < -0.39 is 0 Å². The predicted molar refractivity (Wildman–Crippen MR) is 105 cm³/mol. The van der Waals surface area contributed by atoms with E-state index >= 15 is 0 Å². The van der Waals surface area contributed by atoms with E-state index in [0.717, 1.165) is 27.3 Å². The second-order valence-electron chi connectivity index (χ2n) is 6.11. The zero-order valence-corrected chi connectivity index (χ0v) is 16.3. The summed E-state index contributed by atoms with van der Waals surface area (Å²) in [6, 6.07) is 13.9. The summed E-state index contributed by atoms with van der Waals surface area (Å²) in [6.45, 7) is 2.47. The molecule has 2 aromatic carbocycles. The van der Waals surface area contributed by atoms with Crippen LogP contribution >= 0.6 is 11.8 Å². The van der Waals surface area contributed by atoms with E-state index in [0.29, 0.717) is 6.54 Å². The van der Waals surface area contributed by atoms with Gasteiger partial charge >= 0.3 is 0 Å². The summed E-state index contributed by atoms with van der Waals surface area (Å²) in [5, 5.41) is 3.08. The minimum atomic E-state index is -0.0462. The van der Waals surface area contributed by atoms with Crippen molar-refractivity contribution in [3.05, 3.63) is 59.2 Å². The van der Waals surface area contributed by atoms with E-state index in [9.17, 15) is 4.79 Å². The van der Waals surface area contributed by atoms with Crippen molar-refractivity contribution in [1.82, 2.24) is 10.2 Å². The van der Waals surface area contributed by atoms with Crippen molar-refractivity contribution in [1.29, 1.82) is 0 Å². The van der Waals surface area contributed by atoms with Gasteiger partial charge in [-0.25, -0.2) is 0 Å². The number of ether oxygens (including phenoxy) is 1. The third-order valence-corrected chi connectivity index (χ3v) is 4.99. The number of nitrogens with one attached hydrogen (secondary N) is 1. The number of thioether (sulfide) groups is 1. The molecule has 0 saturated heterocycles. The zero-order valence-electron chi connectivity index (χ0n) is 15.5. The number of amides is 1. The molecule has 0 bridgehead atoms. The van der Waals surface area contributed by atoms with Gasteiger partial charge in [-0.1, -0.05) is 24.3 Å². The van der Waals surface area contributed by atoms with Crippen LogP contribution in [0.1, 0.15) is 27.5 Å². The Hall–Kier alpha value is -1.98. The van der Waals surface area contributed by atoms with Crippen molar-refractivity contribution in [2.75, 3.05) is 34.0 Å². The number of carbonyl (C=O) groups excluding carboxylic acids is 1. The lowest BCUT2D eigenvalue weighted by Gasteiger charge is -2.26. The lowest BCUT2D eigenvalue weighted by Crippen LogP contribution is -2.35. The minimum Gasteiger partial charge on any atom is -0.496 e. The molecule has 0 spiro atoms. The molecule has 2 aromatic rings. The Balaban J connectivity index is 2.18. The Morgan fingerprint density at radius 1 is 1.24 bits per heavy atom. The molecule has 4 nitrogen and oxygen atoms in total. The van der Waals surface area contributed by atoms with Gasteiger partial charge in [0.05, 0.1) is 13.2 Å². The second-order valence-corrected chi connectivity index (χ2v) is 6.99. The van der Waals surface area contributed by atoms with Crippen molar-refractivity contribution < 1.29 is 9.53 Å². The quantitative estimate of drug-likeness (QED) is 0.765. The van der Waals surface area contributed by atoms with E-state index in [2.05, 4.69) is 10.2 Å². The predicted octanol–water partition coefficient (Wildman–Crippen LogP) is 3.76. The number of nitrogens with zero attached hydrogens (tertiary/aromatic N) is 1. The molecule has 1 N–H and O–H groups in total. The molecule has 0 fully saturated rings. The number of para-hydroxylation sites is 1. The Bertz CT molecular complexity index is 731. The van der Waals surface area contributed by atoms with Gasteiger partial charge in [0.25, 0.3) is 5.91 Å². The Morgan fingerprint density at radius 2 is 1.96 bits per heavy atom. The van der Waals surface area contributed by atoms with E-state index in [-0.39, 0.29) is 11.9 Å². The number of hydrogen-bond donors (Lipinski definition) is 1. The first kappa shape index (κ1) is 19.3. The van der Waals surface area contributed by atoms with Crippen molar-refractivity contribution >= 4 is 17.7 Å². The first-order valence-electron chi connectivity index (χ1n) is 8.20. The first-order valence-corrected chi connectivity index (χ1v) is 9.42. The maximum absolute atomic E-state index is 12.7. The minimum absolute atomic E-state index is 0.0316. The van der Waals surface area contributed by atoms with Gasteiger partial charge in [-0.15, -0.1) is 11.8 Å². The van der Waals surface area contributed by atoms with Crippen molar-refractivity contribution in [2.45, 2.75) is 17.9 Å². The Kier molecular flexibility index (Phi) is 6.91. The average Bonchev–Trinajstić information content (AvgIpc) is 2.62. The van der Waals surface area contributed by atoms with Gasteiger partial charge in [-0.05, 0) is 51.0 Å². The number of carbonyl (C=O) groups is 1. The highest BCUT2D eigenvalue weighted by Gasteiger charge is 2.20. The summed E-state index contributed by atoms with van der Waals surface area (Å²) in [6.07, 6.45) is 2.01. The molecule has 1 atom stereocenters. The van der Waals surface area contributed by atoms with Crippen LogP contribution in [0.15, 0.2) is 47.4 Å². The summed E-state index contributed by atoms with van der Waals surface area (Å²) < 4.78 is 5.48. The molecule has 1 amide bonds. The Labute approximate surface area is 154 Å². The van der Waals surface area contributed by atoms with Gasteiger partial charge in [-0.3, -0.25) is 4.79 Å². The van der Waals surface area contributed by atoms with Gasteiger partial charge in [0.2, 0.25) is 0 Å². The largest absolute Gasteiger partial charge is 0.496 e. The van der Waals surface area contributed by atoms with Crippen molar-refractivity contribution in [2.24, 2.45) is 0 Å². The highest BCUT2D eigenvalue weighted by Crippen LogP contribution is 2.27. The molecule has 0 aliphatic heterocycles. The monoisotopic (exact) mass is 358 g/mol. The van der Waals surface area contributed by atoms with Crippen LogP contribution in [0.25, 0.3) is 0 Å². The normalized spacial score (nSPS) is 12.1. The molecule has 0 aromatic heterocycles. The number of hydrogen-bond acceptors (Lipinski definition) is 4. The molecule has 2 rings (SSSR count). The maximum Gasteiger partial charge on any atom is 0.251 e. The molecule has 25 heavy (non-hydrogen) atoms. The van der Waals surface area contributed by atoms with Crippen LogP contribution in [-0.2, 0) is 0 Å². The summed E-state index contributed by atoms with van der Waals surface area (Å²) in [7, 11) is 5.67. The third-order valence-electron chi connectivity index (χ3n) is 4.27. The van der Waals surface area contributed by atoms with E-state index in [1.54, 1.807) is 18.9 Å². The number of rotatable bonds is 7. The van der Waals surface area contributed by atoms with E-state index in [1.807, 2.05) is 69.7 Å². The summed E-state index contributed by atoms with van der Waals surface area (Å²) >= 11 is 1.64. The molecule has 0 heterocycles. The molecular formula is C20H26N2O2S. The molecule has 1 unspecified atom stereocenters. The molecular weight excluding hydrogens is 332 g/mol. The lowest BCUT2D eigenvalue weighted by atomic mass is 10.0. The maximum atomic E-state index is 12.7. The van der Waals surface area contributed by atoms with Gasteiger partial charge in [0.1, 0.15) is 5.75 Å². The van der Waals surface area contributed by atoms with Crippen molar-refractivity contribution in [3.8, 4) is 5.75 Å².